The van der Waals surface area contributed by atoms with E-state index in [9.17, 15) is 9.59 Å². The number of carbonyl (C=O) groups excluding carboxylic acids is 2. The summed E-state index contributed by atoms with van der Waals surface area (Å²) in [7, 11) is -5.17. The Balaban J connectivity index is -0.000000943. The van der Waals surface area contributed by atoms with Gasteiger partial charge in [-0.3, -0.25) is 18.0 Å². The molecule has 0 spiro atoms. The zero-order valence-corrected chi connectivity index (χ0v) is 32.9. The van der Waals surface area contributed by atoms with Crippen LogP contribution in [-0.4, -0.2) is 29.5 Å². The summed E-state index contributed by atoms with van der Waals surface area (Å²) in [5.74, 6) is -0.652. The molecular formula is C32H62Na2O7S. The third-order valence-corrected chi connectivity index (χ3v) is 7.20. The molecule has 0 bridgehead atoms. The monoisotopic (exact) mass is 636 g/mol. The van der Waals surface area contributed by atoms with Crippen molar-refractivity contribution in [1.82, 2.24) is 0 Å². The Morgan fingerprint density at radius 3 is 0.786 bits per heavy atom. The molecule has 0 atom stereocenters. The molecule has 0 aromatic rings. The molecule has 0 aliphatic carbocycles. The van der Waals surface area contributed by atoms with E-state index < -0.39 is 10.4 Å². The van der Waals surface area contributed by atoms with E-state index in [1.807, 2.05) is 0 Å². The van der Waals surface area contributed by atoms with Crippen LogP contribution in [0.2, 0.25) is 0 Å². The topological polar surface area (TPSA) is 124 Å². The summed E-state index contributed by atoms with van der Waals surface area (Å²) < 4.78 is 39.1. The number of rotatable bonds is 28. The van der Waals surface area contributed by atoms with Crippen molar-refractivity contribution in [2.24, 2.45) is 0 Å². The molecule has 0 aromatic carbocycles. The second kappa shape index (κ2) is 40.0. The average molecular weight is 637 g/mol. The molecule has 0 aliphatic rings. The number of esters is 2. The average Bonchev–Trinajstić information content (AvgIpc) is 2.88. The Morgan fingerprint density at radius 2 is 0.595 bits per heavy atom. The SMILES string of the molecule is CCCCCCCCCCCCCCCC(=O)OC(=O)CCCCCCCCCCCCCCC.O=S(=O)([O-])[O-].[Na+].[Na+]. The fourth-order valence-corrected chi connectivity index (χ4v) is 4.80. The van der Waals surface area contributed by atoms with Crippen LogP contribution in [0.5, 0.6) is 0 Å². The number of carbonyl (C=O) groups is 2. The van der Waals surface area contributed by atoms with Crippen molar-refractivity contribution in [3.05, 3.63) is 0 Å². The van der Waals surface area contributed by atoms with Gasteiger partial charge in [-0.15, -0.1) is 0 Å². The zero-order valence-electron chi connectivity index (χ0n) is 28.1. The normalized spacial score (nSPS) is 10.7. The van der Waals surface area contributed by atoms with Crippen LogP contribution in [0.15, 0.2) is 0 Å². The fraction of sp³-hybridized carbons (Fsp3) is 0.938. The summed E-state index contributed by atoms with van der Waals surface area (Å²) in [5, 5.41) is 0. The van der Waals surface area contributed by atoms with Gasteiger partial charge in [-0.1, -0.05) is 168 Å². The predicted octanol–water partition coefficient (Wildman–Crippen LogP) is 3.69. The first-order chi connectivity index (χ1) is 19.2. The maximum atomic E-state index is 11.8. The van der Waals surface area contributed by atoms with E-state index in [0.717, 1.165) is 25.7 Å². The minimum Gasteiger partial charge on any atom is -0.759 e. The van der Waals surface area contributed by atoms with Crippen LogP contribution in [0.3, 0.4) is 0 Å². The van der Waals surface area contributed by atoms with Gasteiger partial charge in [0.2, 0.25) is 0 Å². The number of hydrogen-bond donors (Lipinski definition) is 0. The third kappa shape index (κ3) is 53.6. The van der Waals surface area contributed by atoms with Gasteiger partial charge in [0.25, 0.3) is 0 Å². The first-order valence-corrected chi connectivity index (χ1v) is 17.9. The van der Waals surface area contributed by atoms with Gasteiger partial charge in [0, 0.05) is 23.2 Å². The van der Waals surface area contributed by atoms with Crippen molar-refractivity contribution in [3.8, 4) is 0 Å². The van der Waals surface area contributed by atoms with Crippen molar-refractivity contribution < 1.29 is 91.0 Å². The molecule has 7 nitrogen and oxygen atoms in total. The molecule has 0 heterocycles. The van der Waals surface area contributed by atoms with Gasteiger partial charge in [0.05, 0.1) is 0 Å². The van der Waals surface area contributed by atoms with E-state index in [1.165, 1.54) is 141 Å². The minimum atomic E-state index is -5.17. The standard InChI is InChI=1S/C32H62O3.2Na.H2O4S/c1-3-5-7-9-11-13-15-17-19-21-23-25-27-29-31(33)35-32(34)30-28-26-24-22-20-18-16-14-12-10-8-6-4-2;;;1-5(2,3)4/h3-30H2,1-2H3;;;(H2,1,2,3,4)/q;2*+1;/p-2. The molecule has 0 amide bonds. The molecule has 0 saturated carbocycles. The molecule has 240 valence electrons. The minimum absolute atomic E-state index is 0. The molecule has 0 fully saturated rings. The summed E-state index contributed by atoms with van der Waals surface area (Å²) in [6.07, 6.45) is 34.3. The molecular weight excluding hydrogens is 574 g/mol. The molecule has 0 radical (unpaired) electrons. The van der Waals surface area contributed by atoms with Crippen molar-refractivity contribution in [2.45, 2.75) is 194 Å². The Morgan fingerprint density at radius 1 is 0.429 bits per heavy atom. The van der Waals surface area contributed by atoms with Gasteiger partial charge in [0.15, 0.2) is 0 Å². The molecule has 0 unspecified atom stereocenters. The maximum Gasteiger partial charge on any atom is 1.00 e. The first kappa shape index (κ1) is 49.9. The van der Waals surface area contributed by atoms with E-state index in [1.54, 1.807) is 0 Å². The van der Waals surface area contributed by atoms with E-state index in [-0.39, 0.29) is 71.1 Å². The van der Waals surface area contributed by atoms with Crippen LogP contribution in [0, 0.1) is 0 Å². The number of hydrogen-bond acceptors (Lipinski definition) is 7. The van der Waals surface area contributed by atoms with Crippen molar-refractivity contribution in [1.29, 1.82) is 0 Å². The summed E-state index contributed by atoms with van der Waals surface area (Å²) >= 11 is 0. The Bertz CT molecular complexity index is 613. The third-order valence-electron chi connectivity index (χ3n) is 7.20. The van der Waals surface area contributed by atoms with Crippen LogP contribution in [0.4, 0.5) is 0 Å². The van der Waals surface area contributed by atoms with Gasteiger partial charge in [-0.25, -0.2) is 0 Å². The summed E-state index contributed by atoms with van der Waals surface area (Å²) in [5.41, 5.74) is 0. The van der Waals surface area contributed by atoms with Crippen LogP contribution in [0.1, 0.15) is 194 Å². The summed E-state index contributed by atoms with van der Waals surface area (Å²) in [6.45, 7) is 4.54. The van der Waals surface area contributed by atoms with E-state index in [2.05, 4.69) is 13.8 Å². The molecule has 0 saturated heterocycles. The van der Waals surface area contributed by atoms with Gasteiger partial charge < -0.3 is 13.8 Å². The van der Waals surface area contributed by atoms with E-state index >= 15 is 0 Å². The van der Waals surface area contributed by atoms with Crippen molar-refractivity contribution >= 4 is 22.3 Å². The Labute approximate surface area is 304 Å². The Kier molecular flexibility index (Phi) is 47.5. The second-order valence-corrected chi connectivity index (χ2v) is 12.1. The van der Waals surface area contributed by atoms with Gasteiger partial charge >= 0.3 is 71.1 Å². The smallest absolute Gasteiger partial charge is 0.759 e. The van der Waals surface area contributed by atoms with Gasteiger partial charge in [-0.2, -0.15) is 0 Å². The number of ether oxygens (including phenoxy) is 1. The predicted molar refractivity (Wildman–Crippen MR) is 162 cm³/mol. The van der Waals surface area contributed by atoms with Gasteiger partial charge in [-0.05, 0) is 12.8 Å². The van der Waals surface area contributed by atoms with E-state index in [4.69, 9.17) is 22.3 Å². The largest absolute Gasteiger partial charge is 1.00 e. The van der Waals surface area contributed by atoms with Gasteiger partial charge in [0.1, 0.15) is 0 Å². The fourth-order valence-electron chi connectivity index (χ4n) is 4.80. The maximum absolute atomic E-state index is 11.8. The van der Waals surface area contributed by atoms with E-state index in [0.29, 0.717) is 12.8 Å². The molecule has 10 heteroatoms. The van der Waals surface area contributed by atoms with Crippen LogP contribution >= 0.6 is 0 Å². The van der Waals surface area contributed by atoms with Crippen LogP contribution < -0.4 is 59.1 Å². The Hall–Kier alpha value is 1.01. The zero-order chi connectivity index (χ0) is 30.2. The molecule has 0 N–H and O–H groups in total. The van der Waals surface area contributed by atoms with Crippen LogP contribution in [0.25, 0.3) is 0 Å². The molecule has 0 rings (SSSR count). The summed E-state index contributed by atoms with van der Waals surface area (Å²) in [4.78, 5) is 23.7. The first-order valence-electron chi connectivity index (χ1n) is 16.6. The quantitative estimate of drug-likeness (QED) is 0.0321. The molecule has 0 aliphatic heterocycles. The van der Waals surface area contributed by atoms with Crippen molar-refractivity contribution in [2.75, 3.05) is 0 Å². The molecule has 42 heavy (non-hydrogen) atoms. The number of unbranched alkanes of at least 4 members (excludes halogenated alkanes) is 24. The van der Waals surface area contributed by atoms with Crippen LogP contribution in [-0.2, 0) is 24.7 Å². The molecule has 0 aromatic heterocycles. The van der Waals surface area contributed by atoms with Crippen molar-refractivity contribution in [3.63, 3.8) is 0 Å². The second-order valence-electron chi connectivity index (χ2n) is 11.2. The summed E-state index contributed by atoms with van der Waals surface area (Å²) in [6, 6.07) is 0.